The summed E-state index contributed by atoms with van der Waals surface area (Å²) in [5.74, 6) is 0. The highest BCUT2D eigenvalue weighted by molar-refractivity contribution is 5.80. The number of nitro groups is 1. The van der Waals surface area contributed by atoms with Crippen molar-refractivity contribution in [1.82, 2.24) is 4.98 Å². The molecule has 0 atom stereocenters. The molecule has 2 aromatic carbocycles. The number of nitrogens with zero attached hydrogens (tertiary/aromatic N) is 1. The minimum Gasteiger partial charge on any atom is -0.358 e. The third kappa shape index (κ3) is 2.20. The number of H-pyrrole nitrogens is 1. The van der Waals surface area contributed by atoms with Gasteiger partial charge in [-0.05, 0) is 17.5 Å². The van der Waals surface area contributed by atoms with Crippen molar-refractivity contribution in [3.63, 3.8) is 0 Å². The van der Waals surface area contributed by atoms with Gasteiger partial charge in [0.2, 0.25) is 0 Å². The molecule has 4 heteroatoms. The van der Waals surface area contributed by atoms with E-state index < -0.39 is 0 Å². The fraction of sp³-hybridized carbons (Fsp3) is 0.0667. The maximum atomic E-state index is 11.0. The van der Waals surface area contributed by atoms with Gasteiger partial charge in [-0.25, -0.2) is 0 Å². The Morgan fingerprint density at radius 3 is 2.58 bits per heavy atom. The van der Waals surface area contributed by atoms with E-state index in [0.29, 0.717) is 6.42 Å². The van der Waals surface area contributed by atoms with Crippen molar-refractivity contribution in [1.29, 1.82) is 0 Å². The third-order valence-electron chi connectivity index (χ3n) is 3.15. The Labute approximate surface area is 109 Å². The fourth-order valence-corrected chi connectivity index (χ4v) is 2.27. The monoisotopic (exact) mass is 252 g/mol. The first-order chi connectivity index (χ1) is 9.24. The summed E-state index contributed by atoms with van der Waals surface area (Å²) in [6.45, 7) is 0. The van der Waals surface area contributed by atoms with E-state index in [1.54, 1.807) is 12.1 Å². The molecule has 0 bridgehead atoms. The molecule has 0 saturated heterocycles. The molecule has 0 saturated carbocycles. The van der Waals surface area contributed by atoms with Gasteiger partial charge in [0.25, 0.3) is 5.69 Å². The van der Waals surface area contributed by atoms with Crippen molar-refractivity contribution < 1.29 is 4.92 Å². The Balaban J connectivity index is 1.99. The van der Waals surface area contributed by atoms with E-state index in [2.05, 4.69) is 4.98 Å². The average molecular weight is 252 g/mol. The van der Waals surface area contributed by atoms with Crippen LogP contribution in [0.4, 0.5) is 5.69 Å². The lowest BCUT2D eigenvalue weighted by Gasteiger charge is -2.00. The van der Waals surface area contributed by atoms with Crippen molar-refractivity contribution in [2.24, 2.45) is 0 Å². The Bertz CT molecular complexity index is 713. The van der Waals surface area contributed by atoms with Crippen LogP contribution in [-0.2, 0) is 6.42 Å². The number of hydrogen-bond donors (Lipinski definition) is 1. The van der Waals surface area contributed by atoms with Crippen LogP contribution in [0.1, 0.15) is 11.3 Å². The lowest BCUT2D eigenvalue weighted by molar-refractivity contribution is -0.385. The molecule has 0 fully saturated rings. The third-order valence-corrected chi connectivity index (χ3v) is 3.15. The zero-order valence-electron chi connectivity index (χ0n) is 10.2. The molecule has 1 aromatic heterocycles. The average Bonchev–Trinajstić information content (AvgIpc) is 2.81. The molecular weight excluding hydrogens is 240 g/mol. The maximum Gasteiger partial charge on any atom is 0.272 e. The topological polar surface area (TPSA) is 58.9 Å². The summed E-state index contributed by atoms with van der Waals surface area (Å²) >= 11 is 0. The lowest BCUT2D eigenvalue weighted by atomic mass is 10.1. The van der Waals surface area contributed by atoms with Gasteiger partial charge in [-0.2, -0.15) is 0 Å². The largest absolute Gasteiger partial charge is 0.358 e. The molecule has 0 radical (unpaired) electrons. The van der Waals surface area contributed by atoms with Gasteiger partial charge in [0, 0.05) is 29.3 Å². The molecule has 4 nitrogen and oxygen atoms in total. The van der Waals surface area contributed by atoms with Crippen LogP contribution in [0.3, 0.4) is 0 Å². The first-order valence-electron chi connectivity index (χ1n) is 6.03. The van der Waals surface area contributed by atoms with E-state index in [0.717, 1.165) is 22.2 Å². The number of fused-ring (bicyclic) bond motifs is 1. The number of nitrogens with one attached hydrogen (secondary N) is 1. The van der Waals surface area contributed by atoms with Crippen LogP contribution in [-0.4, -0.2) is 9.91 Å². The molecule has 0 amide bonds. The summed E-state index contributed by atoms with van der Waals surface area (Å²) in [5, 5.41) is 12.1. The Kier molecular flexibility index (Phi) is 2.76. The maximum absolute atomic E-state index is 11.0. The fourth-order valence-electron chi connectivity index (χ4n) is 2.27. The second-order valence-corrected chi connectivity index (χ2v) is 4.44. The normalized spacial score (nSPS) is 10.7. The summed E-state index contributed by atoms with van der Waals surface area (Å²) in [7, 11) is 0. The van der Waals surface area contributed by atoms with Crippen molar-refractivity contribution in [2.75, 3.05) is 0 Å². The predicted octanol–water partition coefficient (Wildman–Crippen LogP) is 3.67. The summed E-state index contributed by atoms with van der Waals surface area (Å²) in [4.78, 5) is 13.9. The van der Waals surface area contributed by atoms with Crippen LogP contribution >= 0.6 is 0 Å². The summed E-state index contributed by atoms with van der Waals surface area (Å²) in [6, 6.07) is 16.8. The van der Waals surface area contributed by atoms with Gasteiger partial charge < -0.3 is 4.98 Å². The molecule has 3 rings (SSSR count). The summed E-state index contributed by atoms with van der Waals surface area (Å²) in [5.41, 5.74) is 2.92. The summed E-state index contributed by atoms with van der Waals surface area (Å²) < 4.78 is 0. The molecule has 19 heavy (non-hydrogen) atoms. The molecule has 0 aliphatic carbocycles. The van der Waals surface area contributed by atoms with E-state index in [9.17, 15) is 10.1 Å². The smallest absolute Gasteiger partial charge is 0.272 e. The summed E-state index contributed by atoms with van der Waals surface area (Å²) in [6.07, 6.45) is 0.534. The van der Waals surface area contributed by atoms with Crippen molar-refractivity contribution in [3.05, 3.63) is 76.0 Å². The van der Waals surface area contributed by atoms with E-state index in [1.165, 1.54) is 6.07 Å². The van der Waals surface area contributed by atoms with E-state index in [4.69, 9.17) is 0 Å². The molecule has 94 valence electrons. The Morgan fingerprint density at radius 1 is 1.05 bits per heavy atom. The van der Waals surface area contributed by atoms with E-state index in [-0.39, 0.29) is 10.6 Å². The van der Waals surface area contributed by atoms with Gasteiger partial charge >= 0.3 is 0 Å². The highest BCUT2D eigenvalue weighted by Gasteiger charge is 2.13. The standard InChI is InChI=1S/C15H12N2O2/c18-17(19)15-8-4-2-6-12(15)10-13-9-11-5-1-3-7-14(11)16-13/h1-9,16H,10H2. The number of rotatable bonds is 3. The van der Waals surface area contributed by atoms with Crippen molar-refractivity contribution >= 4 is 16.6 Å². The van der Waals surface area contributed by atoms with Crippen LogP contribution in [0.15, 0.2) is 54.6 Å². The molecule has 3 aromatic rings. The van der Waals surface area contributed by atoms with Gasteiger partial charge in [-0.15, -0.1) is 0 Å². The van der Waals surface area contributed by atoms with Gasteiger partial charge in [0.1, 0.15) is 0 Å². The molecule has 0 aliphatic rings. The number of aromatic amines is 1. The Morgan fingerprint density at radius 2 is 1.79 bits per heavy atom. The molecule has 0 aliphatic heterocycles. The first kappa shape index (κ1) is 11.5. The second kappa shape index (κ2) is 4.57. The first-order valence-corrected chi connectivity index (χ1v) is 6.03. The zero-order valence-corrected chi connectivity index (χ0v) is 10.2. The Hall–Kier alpha value is -2.62. The SMILES string of the molecule is O=[N+]([O-])c1ccccc1Cc1cc2ccccc2[nH]1. The van der Waals surface area contributed by atoms with Gasteiger partial charge in [0.15, 0.2) is 0 Å². The minimum absolute atomic E-state index is 0.168. The zero-order chi connectivity index (χ0) is 13.2. The molecule has 1 heterocycles. The van der Waals surface area contributed by atoms with Crippen LogP contribution in [0.25, 0.3) is 10.9 Å². The van der Waals surface area contributed by atoms with E-state index in [1.807, 2.05) is 36.4 Å². The molecule has 0 unspecified atom stereocenters. The number of benzene rings is 2. The molecule has 1 N–H and O–H groups in total. The molecular formula is C15H12N2O2. The molecule has 0 spiro atoms. The van der Waals surface area contributed by atoms with Crippen LogP contribution in [0.2, 0.25) is 0 Å². The van der Waals surface area contributed by atoms with Crippen LogP contribution in [0, 0.1) is 10.1 Å². The van der Waals surface area contributed by atoms with Crippen LogP contribution in [0.5, 0.6) is 0 Å². The van der Waals surface area contributed by atoms with Gasteiger partial charge in [-0.3, -0.25) is 10.1 Å². The number of nitro benzene ring substituents is 1. The van der Waals surface area contributed by atoms with E-state index >= 15 is 0 Å². The second-order valence-electron chi connectivity index (χ2n) is 4.44. The van der Waals surface area contributed by atoms with Gasteiger partial charge in [-0.1, -0.05) is 36.4 Å². The van der Waals surface area contributed by atoms with Gasteiger partial charge in [0.05, 0.1) is 4.92 Å². The van der Waals surface area contributed by atoms with Crippen molar-refractivity contribution in [3.8, 4) is 0 Å². The minimum atomic E-state index is -0.335. The highest BCUT2D eigenvalue weighted by Crippen LogP contribution is 2.23. The predicted molar refractivity (Wildman–Crippen MR) is 74.2 cm³/mol. The van der Waals surface area contributed by atoms with Crippen LogP contribution < -0.4 is 0 Å². The number of hydrogen-bond acceptors (Lipinski definition) is 2. The quantitative estimate of drug-likeness (QED) is 0.571. The number of para-hydroxylation sites is 2. The van der Waals surface area contributed by atoms with Crippen molar-refractivity contribution in [2.45, 2.75) is 6.42 Å². The lowest BCUT2D eigenvalue weighted by Crippen LogP contribution is -1.96. The number of aromatic nitrogens is 1. The highest BCUT2D eigenvalue weighted by atomic mass is 16.6.